The van der Waals surface area contributed by atoms with Crippen LogP contribution in [0.25, 0.3) is 0 Å². The van der Waals surface area contributed by atoms with Crippen molar-refractivity contribution in [2.75, 3.05) is 18.1 Å². The second kappa shape index (κ2) is 9.61. The molecule has 0 unspecified atom stereocenters. The monoisotopic (exact) mass is 354 g/mol. The number of benzene rings is 2. The van der Waals surface area contributed by atoms with Crippen LogP contribution in [0.15, 0.2) is 48.5 Å². The van der Waals surface area contributed by atoms with Gasteiger partial charge in [-0.15, -0.1) is 0 Å². The number of ether oxygens (including phenoxy) is 1. The molecule has 0 radical (unpaired) electrons. The molecule has 0 heterocycles. The smallest absolute Gasteiger partial charge is 0.223 e. The van der Waals surface area contributed by atoms with Crippen molar-refractivity contribution in [2.45, 2.75) is 33.7 Å². The molecule has 0 bridgehead atoms. The molecule has 1 N–H and O–H groups in total. The lowest BCUT2D eigenvalue weighted by Crippen LogP contribution is -2.33. The summed E-state index contributed by atoms with van der Waals surface area (Å²) >= 11 is 0. The van der Waals surface area contributed by atoms with Gasteiger partial charge in [-0.1, -0.05) is 29.8 Å². The highest BCUT2D eigenvalue weighted by Crippen LogP contribution is 2.20. The van der Waals surface area contributed by atoms with Gasteiger partial charge < -0.3 is 15.0 Å². The summed E-state index contributed by atoms with van der Waals surface area (Å²) in [6, 6.07) is 15.3. The van der Waals surface area contributed by atoms with E-state index in [0.717, 1.165) is 17.0 Å². The van der Waals surface area contributed by atoms with Gasteiger partial charge in [0.05, 0.1) is 6.61 Å². The van der Waals surface area contributed by atoms with E-state index in [2.05, 4.69) is 5.32 Å². The van der Waals surface area contributed by atoms with Crippen LogP contribution in [0.2, 0.25) is 0 Å². The van der Waals surface area contributed by atoms with Crippen LogP contribution in [0.5, 0.6) is 5.75 Å². The van der Waals surface area contributed by atoms with Crippen molar-refractivity contribution >= 4 is 17.5 Å². The topological polar surface area (TPSA) is 58.6 Å². The van der Waals surface area contributed by atoms with Gasteiger partial charge >= 0.3 is 0 Å². The Hall–Kier alpha value is -2.82. The minimum atomic E-state index is -0.0968. The molecule has 0 atom stereocenters. The van der Waals surface area contributed by atoms with E-state index in [1.807, 2.05) is 62.4 Å². The van der Waals surface area contributed by atoms with Crippen LogP contribution in [0.4, 0.5) is 5.69 Å². The van der Waals surface area contributed by atoms with E-state index < -0.39 is 0 Å². The average molecular weight is 354 g/mol. The number of hydrogen-bond acceptors (Lipinski definition) is 3. The predicted molar refractivity (Wildman–Crippen MR) is 103 cm³/mol. The van der Waals surface area contributed by atoms with Crippen LogP contribution in [-0.2, 0) is 16.1 Å². The Morgan fingerprint density at radius 3 is 2.27 bits per heavy atom. The SMILES string of the molecule is CCOc1ccc(N(CCC(=O)NCc2ccc(C)cc2)C(C)=O)cc1. The Morgan fingerprint density at radius 1 is 1.04 bits per heavy atom. The second-order valence-corrected chi connectivity index (χ2v) is 6.11. The number of nitrogens with zero attached hydrogens (tertiary/aromatic N) is 1. The number of anilines is 1. The molecule has 0 aliphatic heterocycles. The first-order valence-electron chi connectivity index (χ1n) is 8.82. The molecule has 5 nitrogen and oxygen atoms in total. The normalized spacial score (nSPS) is 10.3. The molecule has 0 saturated carbocycles. The van der Waals surface area contributed by atoms with E-state index in [1.165, 1.54) is 12.5 Å². The number of rotatable bonds is 8. The Bertz CT molecular complexity index is 724. The van der Waals surface area contributed by atoms with Gasteiger partial charge in [0.15, 0.2) is 0 Å². The minimum Gasteiger partial charge on any atom is -0.494 e. The zero-order valence-corrected chi connectivity index (χ0v) is 15.6. The van der Waals surface area contributed by atoms with E-state index in [1.54, 1.807) is 4.90 Å². The van der Waals surface area contributed by atoms with Gasteiger partial charge in [0, 0.05) is 32.1 Å². The number of nitrogens with one attached hydrogen (secondary N) is 1. The molecule has 0 aromatic heterocycles. The van der Waals surface area contributed by atoms with Crippen LogP contribution in [0.1, 0.15) is 31.4 Å². The quantitative estimate of drug-likeness (QED) is 0.790. The van der Waals surface area contributed by atoms with Crippen LogP contribution < -0.4 is 15.0 Å². The molecule has 0 fully saturated rings. The summed E-state index contributed by atoms with van der Waals surface area (Å²) in [5.41, 5.74) is 3.00. The number of carbonyl (C=O) groups excluding carboxylic acids is 2. The Balaban J connectivity index is 1.88. The van der Waals surface area contributed by atoms with Crippen molar-refractivity contribution in [3.63, 3.8) is 0 Å². The third kappa shape index (κ3) is 5.92. The molecule has 2 aromatic carbocycles. The second-order valence-electron chi connectivity index (χ2n) is 6.11. The van der Waals surface area contributed by atoms with Crippen molar-refractivity contribution < 1.29 is 14.3 Å². The summed E-state index contributed by atoms with van der Waals surface area (Å²) in [7, 11) is 0. The minimum absolute atomic E-state index is 0.0808. The molecule has 138 valence electrons. The number of carbonyl (C=O) groups is 2. The number of amides is 2. The van der Waals surface area contributed by atoms with Gasteiger partial charge in [-0.05, 0) is 43.7 Å². The maximum absolute atomic E-state index is 12.1. The van der Waals surface area contributed by atoms with Crippen LogP contribution in [0, 0.1) is 6.92 Å². The van der Waals surface area contributed by atoms with Gasteiger partial charge in [0.25, 0.3) is 0 Å². The molecular formula is C21H26N2O3. The van der Waals surface area contributed by atoms with E-state index in [4.69, 9.17) is 4.74 Å². The third-order valence-electron chi connectivity index (χ3n) is 4.01. The summed E-state index contributed by atoms with van der Waals surface area (Å²) in [5, 5.41) is 2.89. The van der Waals surface area contributed by atoms with Gasteiger partial charge in [0.1, 0.15) is 5.75 Å². The average Bonchev–Trinajstić information content (AvgIpc) is 2.63. The van der Waals surface area contributed by atoms with Crippen LogP contribution in [0.3, 0.4) is 0 Å². The van der Waals surface area contributed by atoms with Crippen LogP contribution in [-0.4, -0.2) is 25.0 Å². The lowest BCUT2D eigenvalue weighted by molar-refractivity contribution is -0.121. The van der Waals surface area contributed by atoms with E-state index in [0.29, 0.717) is 19.7 Å². The highest BCUT2D eigenvalue weighted by Gasteiger charge is 2.13. The largest absolute Gasteiger partial charge is 0.494 e. The Kier molecular flexibility index (Phi) is 7.21. The van der Waals surface area contributed by atoms with Crippen molar-refractivity contribution in [3.8, 4) is 5.75 Å². The first kappa shape index (κ1) is 19.5. The molecule has 2 amide bonds. The lowest BCUT2D eigenvalue weighted by atomic mass is 10.1. The molecule has 0 spiro atoms. The third-order valence-corrected chi connectivity index (χ3v) is 4.01. The van der Waals surface area contributed by atoms with Gasteiger partial charge in [-0.2, -0.15) is 0 Å². The number of hydrogen-bond donors (Lipinski definition) is 1. The fraction of sp³-hybridized carbons (Fsp3) is 0.333. The summed E-state index contributed by atoms with van der Waals surface area (Å²) in [5.74, 6) is 0.582. The molecule has 2 rings (SSSR count). The molecule has 0 saturated heterocycles. The maximum Gasteiger partial charge on any atom is 0.223 e. The van der Waals surface area contributed by atoms with Crippen molar-refractivity contribution in [1.29, 1.82) is 0 Å². The zero-order valence-electron chi connectivity index (χ0n) is 15.6. The highest BCUT2D eigenvalue weighted by atomic mass is 16.5. The summed E-state index contributed by atoms with van der Waals surface area (Å²) in [6.45, 7) is 6.87. The fourth-order valence-corrected chi connectivity index (χ4v) is 2.57. The van der Waals surface area contributed by atoms with E-state index in [-0.39, 0.29) is 18.2 Å². The van der Waals surface area contributed by atoms with Gasteiger partial charge in [0.2, 0.25) is 11.8 Å². The zero-order chi connectivity index (χ0) is 18.9. The molecule has 5 heteroatoms. The summed E-state index contributed by atoms with van der Waals surface area (Å²) in [4.78, 5) is 25.7. The highest BCUT2D eigenvalue weighted by molar-refractivity contribution is 5.92. The first-order chi connectivity index (χ1) is 12.5. The molecule has 0 aliphatic rings. The van der Waals surface area contributed by atoms with Crippen molar-refractivity contribution in [3.05, 3.63) is 59.7 Å². The standard InChI is InChI=1S/C21H26N2O3/c1-4-26-20-11-9-19(10-12-20)23(17(3)24)14-13-21(25)22-15-18-7-5-16(2)6-8-18/h5-12H,4,13-15H2,1-3H3,(H,22,25). The Morgan fingerprint density at radius 2 is 1.69 bits per heavy atom. The summed E-state index contributed by atoms with van der Waals surface area (Å²) in [6.07, 6.45) is 0.249. The number of aryl methyl sites for hydroxylation is 1. The molecular weight excluding hydrogens is 328 g/mol. The Labute approximate surface area is 155 Å². The maximum atomic E-state index is 12.1. The molecule has 26 heavy (non-hydrogen) atoms. The predicted octanol–water partition coefficient (Wildman–Crippen LogP) is 3.45. The molecule has 2 aromatic rings. The van der Waals surface area contributed by atoms with Crippen molar-refractivity contribution in [1.82, 2.24) is 5.32 Å². The first-order valence-corrected chi connectivity index (χ1v) is 8.82. The molecule has 0 aliphatic carbocycles. The lowest BCUT2D eigenvalue weighted by Gasteiger charge is -2.21. The van der Waals surface area contributed by atoms with Crippen LogP contribution >= 0.6 is 0 Å². The fourth-order valence-electron chi connectivity index (χ4n) is 2.57. The summed E-state index contributed by atoms with van der Waals surface area (Å²) < 4.78 is 5.41. The van der Waals surface area contributed by atoms with Gasteiger partial charge in [-0.25, -0.2) is 0 Å². The van der Waals surface area contributed by atoms with E-state index >= 15 is 0 Å². The van der Waals surface area contributed by atoms with Crippen molar-refractivity contribution in [2.24, 2.45) is 0 Å². The van der Waals surface area contributed by atoms with E-state index in [9.17, 15) is 9.59 Å². The van der Waals surface area contributed by atoms with Gasteiger partial charge in [-0.3, -0.25) is 9.59 Å².